The molecule has 1 aromatic rings. The Bertz CT molecular complexity index is 651. The maximum atomic E-state index is 12.4. The third-order valence-electron chi connectivity index (χ3n) is 3.72. The fraction of sp³-hybridized carbons (Fsp3) is 0.444. The van der Waals surface area contributed by atoms with Crippen molar-refractivity contribution in [3.05, 3.63) is 41.1 Å². The predicted octanol–water partition coefficient (Wildman–Crippen LogP) is 3.34. The zero-order valence-corrected chi connectivity index (χ0v) is 15.7. The lowest BCUT2D eigenvalue weighted by atomic mass is 9.96. The number of anilines is 1. The van der Waals surface area contributed by atoms with Crippen LogP contribution in [0.3, 0.4) is 0 Å². The summed E-state index contributed by atoms with van der Waals surface area (Å²) in [5, 5.41) is 4.06. The van der Waals surface area contributed by atoms with Crippen molar-refractivity contribution in [1.29, 1.82) is 0 Å². The summed E-state index contributed by atoms with van der Waals surface area (Å²) in [5.74, 6) is 0.605. The summed E-state index contributed by atoms with van der Waals surface area (Å²) in [6, 6.07) is 7.79. The van der Waals surface area contributed by atoms with Gasteiger partial charge in [-0.2, -0.15) is 0 Å². The minimum absolute atomic E-state index is 0.312. The van der Waals surface area contributed by atoms with E-state index in [-0.39, 0.29) is 12.0 Å². The number of nitrogens with one attached hydrogen (secondary N) is 1. The SMILES string of the molecule is CCOC(=O)C1=C(C)NC(SCC)=N[C@H]1c1ccc(N(C)C)cc1. The van der Waals surface area contributed by atoms with Crippen LogP contribution in [0.4, 0.5) is 5.69 Å². The van der Waals surface area contributed by atoms with Crippen LogP contribution in [0.1, 0.15) is 32.4 Å². The van der Waals surface area contributed by atoms with Gasteiger partial charge in [-0.15, -0.1) is 0 Å². The fourth-order valence-corrected chi connectivity index (χ4v) is 3.21. The molecule has 0 spiro atoms. The molecule has 1 aromatic carbocycles. The molecule has 0 bridgehead atoms. The molecule has 1 atom stereocenters. The second kappa shape index (κ2) is 8.24. The zero-order chi connectivity index (χ0) is 17.7. The number of benzene rings is 1. The molecule has 1 heterocycles. The van der Waals surface area contributed by atoms with Gasteiger partial charge in [-0.1, -0.05) is 30.8 Å². The van der Waals surface area contributed by atoms with Crippen LogP contribution in [0.2, 0.25) is 0 Å². The average molecular weight is 347 g/mol. The molecule has 0 radical (unpaired) electrons. The van der Waals surface area contributed by atoms with E-state index in [4.69, 9.17) is 9.73 Å². The van der Waals surface area contributed by atoms with Gasteiger partial charge in [-0.3, -0.25) is 0 Å². The van der Waals surface area contributed by atoms with Gasteiger partial charge in [0.05, 0.1) is 12.2 Å². The van der Waals surface area contributed by atoms with Crippen molar-refractivity contribution in [2.45, 2.75) is 26.8 Å². The molecule has 1 aliphatic rings. The van der Waals surface area contributed by atoms with Gasteiger partial charge in [0.25, 0.3) is 0 Å². The van der Waals surface area contributed by atoms with Crippen molar-refractivity contribution in [2.24, 2.45) is 4.99 Å². The lowest BCUT2D eigenvalue weighted by molar-refractivity contribution is -0.138. The maximum Gasteiger partial charge on any atom is 0.338 e. The molecule has 0 saturated carbocycles. The number of rotatable bonds is 5. The number of amidine groups is 1. The summed E-state index contributed by atoms with van der Waals surface area (Å²) >= 11 is 1.63. The molecule has 130 valence electrons. The fourth-order valence-electron chi connectivity index (χ4n) is 2.53. The van der Waals surface area contributed by atoms with Crippen LogP contribution in [-0.2, 0) is 9.53 Å². The molecule has 0 unspecified atom stereocenters. The molecule has 0 aromatic heterocycles. The largest absolute Gasteiger partial charge is 0.463 e. The first kappa shape index (κ1) is 18.4. The first-order valence-corrected chi connectivity index (χ1v) is 9.09. The molecule has 1 aliphatic heterocycles. The number of hydrogen-bond donors (Lipinski definition) is 1. The number of allylic oxidation sites excluding steroid dienone is 1. The number of thioether (sulfide) groups is 1. The van der Waals surface area contributed by atoms with Crippen LogP contribution >= 0.6 is 11.8 Å². The smallest absolute Gasteiger partial charge is 0.338 e. The number of esters is 1. The Morgan fingerprint density at radius 2 is 1.96 bits per heavy atom. The Labute approximate surface area is 148 Å². The van der Waals surface area contributed by atoms with Crippen LogP contribution in [0, 0.1) is 0 Å². The van der Waals surface area contributed by atoms with E-state index in [0.29, 0.717) is 12.2 Å². The van der Waals surface area contributed by atoms with Gasteiger partial charge in [0.1, 0.15) is 6.04 Å². The Morgan fingerprint density at radius 3 is 2.50 bits per heavy atom. The van der Waals surface area contributed by atoms with E-state index in [1.807, 2.05) is 57.1 Å². The van der Waals surface area contributed by atoms with E-state index < -0.39 is 0 Å². The molecule has 0 aliphatic carbocycles. The Kier molecular flexibility index (Phi) is 6.31. The molecule has 0 fully saturated rings. The Balaban J connectivity index is 2.41. The maximum absolute atomic E-state index is 12.4. The molecular weight excluding hydrogens is 322 g/mol. The number of hydrogen-bond acceptors (Lipinski definition) is 6. The number of aliphatic imine (C=N–C) groups is 1. The van der Waals surface area contributed by atoms with Crippen molar-refractivity contribution < 1.29 is 9.53 Å². The number of ether oxygens (including phenoxy) is 1. The highest BCUT2D eigenvalue weighted by molar-refractivity contribution is 8.13. The van der Waals surface area contributed by atoms with E-state index in [1.54, 1.807) is 11.8 Å². The normalized spacial score (nSPS) is 17.2. The number of carbonyl (C=O) groups is 1. The minimum atomic E-state index is -0.337. The predicted molar refractivity (Wildman–Crippen MR) is 102 cm³/mol. The standard InChI is InChI=1S/C18H25N3O2S/c1-6-23-17(22)15-12(3)19-18(24-7-2)20-16(15)13-8-10-14(11-9-13)21(4)5/h8-11,16H,6-7H2,1-5H3,(H,19,20)/t16-/m0/s1. The van der Waals surface area contributed by atoms with E-state index in [2.05, 4.69) is 12.2 Å². The molecule has 1 N–H and O–H groups in total. The van der Waals surface area contributed by atoms with Crippen molar-refractivity contribution in [1.82, 2.24) is 5.32 Å². The van der Waals surface area contributed by atoms with E-state index >= 15 is 0 Å². The second-order valence-corrected chi connectivity index (χ2v) is 6.89. The lowest BCUT2D eigenvalue weighted by Crippen LogP contribution is -2.30. The third-order valence-corrected chi connectivity index (χ3v) is 4.49. The van der Waals surface area contributed by atoms with Crippen LogP contribution < -0.4 is 10.2 Å². The van der Waals surface area contributed by atoms with Crippen LogP contribution in [0.5, 0.6) is 0 Å². The molecule has 2 rings (SSSR count). The summed E-state index contributed by atoms with van der Waals surface area (Å²) in [6.07, 6.45) is 0. The molecule has 6 heteroatoms. The van der Waals surface area contributed by atoms with Crippen molar-refractivity contribution >= 4 is 28.6 Å². The molecule has 0 saturated heterocycles. The van der Waals surface area contributed by atoms with Crippen LogP contribution in [0.25, 0.3) is 0 Å². The minimum Gasteiger partial charge on any atom is -0.463 e. The van der Waals surface area contributed by atoms with Gasteiger partial charge in [0.2, 0.25) is 0 Å². The lowest BCUT2D eigenvalue weighted by Gasteiger charge is -2.26. The van der Waals surface area contributed by atoms with E-state index in [1.165, 1.54) is 0 Å². The number of nitrogens with zero attached hydrogens (tertiary/aromatic N) is 2. The van der Waals surface area contributed by atoms with Gasteiger partial charge in [0, 0.05) is 25.5 Å². The molecular formula is C18H25N3O2S. The average Bonchev–Trinajstić information content (AvgIpc) is 2.54. The summed E-state index contributed by atoms with van der Waals surface area (Å²) in [4.78, 5) is 19.2. The van der Waals surface area contributed by atoms with Gasteiger partial charge in [0.15, 0.2) is 5.17 Å². The molecule has 0 amide bonds. The molecule has 24 heavy (non-hydrogen) atoms. The third kappa shape index (κ3) is 4.12. The zero-order valence-electron chi connectivity index (χ0n) is 14.9. The van der Waals surface area contributed by atoms with Crippen molar-refractivity contribution in [3.63, 3.8) is 0 Å². The first-order valence-electron chi connectivity index (χ1n) is 8.10. The Morgan fingerprint density at radius 1 is 1.29 bits per heavy atom. The van der Waals surface area contributed by atoms with E-state index in [0.717, 1.165) is 27.9 Å². The number of carbonyl (C=O) groups excluding carboxylic acids is 1. The topological polar surface area (TPSA) is 53.9 Å². The van der Waals surface area contributed by atoms with Gasteiger partial charge in [-0.05, 0) is 37.3 Å². The second-order valence-electron chi connectivity index (χ2n) is 5.64. The van der Waals surface area contributed by atoms with E-state index in [9.17, 15) is 4.79 Å². The quantitative estimate of drug-likeness (QED) is 0.828. The van der Waals surface area contributed by atoms with Gasteiger partial charge < -0.3 is 15.0 Å². The summed E-state index contributed by atoms with van der Waals surface area (Å²) in [7, 11) is 4.00. The van der Waals surface area contributed by atoms with Crippen molar-refractivity contribution in [3.8, 4) is 0 Å². The highest BCUT2D eigenvalue weighted by Crippen LogP contribution is 2.33. The monoisotopic (exact) mass is 347 g/mol. The van der Waals surface area contributed by atoms with Gasteiger partial charge >= 0.3 is 5.97 Å². The molecule has 5 nitrogen and oxygen atoms in total. The summed E-state index contributed by atoms with van der Waals surface area (Å²) in [5.41, 5.74) is 3.48. The van der Waals surface area contributed by atoms with Crippen LogP contribution in [-0.4, -0.2) is 37.6 Å². The Hall–Kier alpha value is -1.95. The first-order chi connectivity index (χ1) is 11.5. The van der Waals surface area contributed by atoms with Crippen LogP contribution in [0.15, 0.2) is 40.5 Å². The van der Waals surface area contributed by atoms with Crippen molar-refractivity contribution in [2.75, 3.05) is 31.4 Å². The highest BCUT2D eigenvalue weighted by Gasteiger charge is 2.30. The summed E-state index contributed by atoms with van der Waals surface area (Å²) in [6.45, 7) is 6.14. The van der Waals surface area contributed by atoms with Gasteiger partial charge in [-0.25, -0.2) is 9.79 Å². The highest BCUT2D eigenvalue weighted by atomic mass is 32.2. The summed E-state index contributed by atoms with van der Waals surface area (Å²) < 4.78 is 5.24.